The highest BCUT2D eigenvalue weighted by atomic mass is 19.2. The van der Waals surface area contributed by atoms with Crippen molar-refractivity contribution in [2.45, 2.75) is 24.9 Å². The van der Waals surface area contributed by atoms with E-state index in [1.54, 1.807) is 5.32 Å². The Bertz CT molecular complexity index is 1340. The number of ketones is 1. The smallest absolute Gasteiger partial charge is 0.313 e. The molecule has 1 aliphatic carbocycles. The molecule has 3 rings (SSSR count). The maximum atomic E-state index is 13.8. The van der Waals surface area contributed by atoms with Gasteiger partial charge in [-0.2, -0.15) is 8.78 Å². The first-order chi connectivity index (χ1) is 18.2. The van der Waals surface area contributed by atoms with Crippen LogP contribution in [0, 0.1) is 40.8 Å². The average Bonchev–Trinajstić information content (AvgIpc) is 3.60. The fourth-order valence-corrected chi connectivity index (χ4v) is 3.47. The van der Waals surface area contributed by atoms with Gasteiger partial charge in [0.25, 0.3) is 0 Å². The van der Waals surface area contributed by atoms with Gasteiger partial charge in [0.15, 0.2) is 23.2 Å². The first-order valence-electron chi connectivity index (χ1n) is 10.8. The van der Waals surface area contributed by atoms with Crippen molar-refractivity contribution in [3.8, 4) is 5.75 Å². The predicted molar refractivity (Wildman–Crippen MR) is 116 cm³/mol. The Morgan fingerprint density at radius 1 is 0.974 bits per heavy atom. The van der Waals surface area contributed by atoms with Gasteiger partial charge in [-0.05, 0) is 25.5 Å². The van der Waals surface area contributed by atoms with Crippen LogP contribution in [0.5, 0.6) is 5.75 Å². The monoisotopic (exact) mass is 561 g/mol. The van der Waals surface area contributed by atoms with E-state index in [1.807, 2.05) is 10.6 Å². The zero-order chi connectivity index (χ0) is 29.2. The van der Waals surface area contributed by atoms with E-state index in [0.717, 1.165) is 25.1 Å². The van der Waals surface area contributed by atoms with Crippen molar-refractivity contribution < 1.29 is 60.2 Å². The van der Waals surface area contributed by atoms with E-state index in [1.165, 1.54) is 0 Å². The predicted octanol–water partition coefficient (Wildman–Crippen LogP) is 1.57. The van der Waals surface area contributed by atoms with Gasteiger partial charge in [0.05, 0.1) is 5.92 Å². The molecule has 2 aromatic rings. The lowest BCUT2D eigenvalue weighted by Crippen LogP contribution is -2.55. The molecule has 3 atom stereocenters. The van der Waals surface area contributed by atoms with Crippen molar-refractivity contribution in [1.29, 1.82) is 0 Å². The average molecular weight is 561 g/mol. The number of amides is 3. The Hall–Kier alpha value is -4.63. The van der Waals surface area contributed by atoms with Gasteiger partial charge >= 0.3 is 17.8 Å². The van der Waals surface area contributed by atoms with Gasteiger partial charge in [0.1, 0.15) is 35.5 Å². The summed E-state index contributed by atoms with van der Waals surface area (Å²) in [6.45, 7) is -0.310. The number of benzene rings is 2. The standard InChI is InChI=1S/C23H17F6N3O7/c1-8(30-20(35)21(36)31-17-10(24)3-2-4-11(17)25)19(34)32-23(6-9(23)22(37)38)14(33)7-39-18-15(28)12(26)5-13(27)16(18)29/h2-5,8-9H,6-7H2,1H3,(H,30,35)(H,31,36)(H,32,34)(H,37,38)/t8-,9?,23+/m0/s1. The van der Waals surface area contributed by atoms with Gasteiger partial charge < -0.3 is 25.8 Å². The number of Topliss-reactive ketones (excluding diaryl/α,β-unsaturated/α-hetero) is 1. The number of hydrogen-bond acceptors (Lipinski definition) is 6. The van der Waals surface area contributed by atoms with E-state index in [9.17, 15) is 55.4 Å². The highest BCUT2D eigenvalue weighted by Crippen LogP contribution is 2.45. The molecular weight excluding hydrogens is 544 g/mol. The van der Waals surface area contributed by atoms with Crippen LogP contribution in [-0.4, -0.2) is 52.8 Å². The van der Waals surface area contributed by atoms with Crippen molar-refractivity contribution in [2.75, 3.05) is 11.9 Å². The number of carboxylic acid groups (broad SMARTS) is 1. The maximum Gasteiger partial charge on any atom is 0.313 e. The molecule has 0 bridgehead atoms. The van der Waals surface area contributed by atoms with Gasteiger partial charge in [0, 0.05) is 6.07 Å². The minimum atomic E-state index is -2.20. The highest BCUT2D eigenvalue weighted by molar-refractivity contribution is 6.40. The van der Waals surface area contributed by atoms with Gasteiger partial charge in [-0.25, -0.2) is 17.6 Å². The van der Waals surface area contributed by atoms with Gasteiger partial charge in [-0.15, -0.1) is 0 Å². The Labute approximate surface area is 214 Å². The number of carboxylic acids is 1. The first kappa shape index (κ1) is 28.9. The van der Waals surface area contributed by atoms with Crippen molar-refractivity contribution >= 4 is 35.2 Å². The molecule has 2 aromatic carbocycles. The third kappa shape index (κ3) is 5.94. The second-order valence-electron chi connectivity index (χ2n) is 8.31. The van der Waals surface area contributed by atoms with E-state index < -0.39 is 106 Å². The van der Waals surface area contributed by atoms with E-state index >= 15 is 0 Å². The molecule has 0 aromatic heterocycles. The summed E-state index contributed by atoms with van der Waals surface area (Å²) in [5.74, 6) is -20.3. The molecule has 0 saturated heterocycles. The van der Waals surface area contributed by atoms with Crippen LogP contribution in [0.25, 0.3) is 0 Å². The highest BCUT2D eigenvalue weighted by Gasteiger charge is 2.65. The van der Waals surface area contributed by atoms with E-state index in [4.69, 9.17) is 0 Å². The number of carbonyl (C=O) groups is 5. The summed E-state index contributed by atoms with van der Waals surface area (Å²) in [7, 11) is 0. The summed E-state index contributed by atoms with van der Waals surface area (Å²) in [6, 6.07) is 0.872. The summed E-state index contributed by atoms with van der Waals surface area (Å²) in [4.78, 5) is 60.8. The number of rotatable bonds is 9. The van der Waals surface area contributed by atoms with Crippen molar-refractivity contribution in [2.24, 2.45) is 5.92 Å². The number of aliphatic carboxylic acids is 1. The number of carbonyl (C=O) groups excluding carboxylic acids is 4. The van der Waals surface area contributed by atoms with Crippen molar-refractivity contribution in [3.63, 3.8) is 0 Å². The lowest BCUT2D eigenvalue weighted by Gasteiger charge is -2.21. The number of nitrogens with one attached hydrogen (secondary N) is 3. The molecule has 1 aliphatic rings. The van der Waals surface area contributed by atoms with Gasteiger partial charge in [-0.1, -0.05) is 6.07 Å². The van der Waals surface area contributed by atoms with Crippen LogP contribution in [0.3, 0.4) is 0 Å². The van der Waals surface area contributed by atoms with Gasteiger partial charge in [0.2, 0.25) is 17.5 Å². The lowest BCUT2D eigenvalue weighted by atomic mass is 10.1. The van der Waals surface area contributed by atoms with E-state index in [-0.39, 0.29) is 6.07 Å². The fourth-order valence-electron chi connectivity index (χ4n) is 3.47. The molecule has 1 fully saturated rings. The molecule has 0 heterocycles. The molecule has 4 N–H and O–H groups in total. The molecule has 0 aliphatic heterocycles. The van der Waals surface area contributed by atoms with E-state index in [2.05, 4.69) is 4.74 Å². The van der Waals surface area contributed by atoms with Crippen LogP contribution < -0.4 is 20.7 Å². The second kappa shape index (κ2) is 11.0. The number of anilines is 1. The first-order valence-corrected chi connectivity index (χ1v) is 10.8. The van der Waals surface area contributed by atoms with Crippen molar-refractivity contribution in [3.05, 3.63) is 59.2 Å². The summed E-state index contributed by atoms with van der Waals surface area (Å²) < 4.78 is 86.2. The molecule has 3 amide bonds. The normalized spacial score (nSPS) is 18.5. The molecule has 1 saturated carbocycles. The quantitative estimate of drug-likeness (QED) is 0.206. The van der Waals surface area contributed by atoms with Gasteiger partial charge in [-0.3, -0.25) is 24.0 Å². The molecule has 0 spiro atoms. The molecule has 39 heavy (non-hydrogen) atoms. The Balaban J connectivity index is 1.67. The number of halogens is 6. The fraction of sp³-hybridized carbons (Fsp3) is 0.261. The third-order valence-electron chi connectivity index (χ3n) is 5.67. The number of para-hydroxylation sites is 1. The Morgan fingerprint density at radius 3 is 2.05 bits per heavy atom. The summed E-state index contributed by atoms with van der Waals surface area (Å²) in [5.41, 5.74) is -3.13. The number of ether oxygens (including phenoxy) is 1. The van der Waals surface area contributed by atoms with Crippen LogP contribution in [0.15, 0.2) is 24.3 Å². The Kier molecular flexibility index (Phi) is 8.16. The molecule has 16 heteroatoms. The number of hydrogen-bond donors (Lipinski definition) is 4. The minimum absolute atomic E-state index is 0.106. The largest absolute Gasteiger partial charge is 0.481 e. The van der Waals surface area contributed by atoms with Crippen LogP contribution in [0.1, 0.15) is 13.3 Å². The summed E-state index contributed by atoms with van der Waals surface area (Å²) >= 11 is 0. The third-order valence-corrected chi connectivity index (χ3v) is 5.67. The minimum Gasteiger partial charge on any atom is -0.481 e. The lowest BCUT2D eigenvalue weighted by molar-refractivity contribution is -0.141. The Morgan fingerprint density at radius 2 is 1.54 bits per heavy atom. The van der Waals surface area contributed by atoms with Crippen LogP contribution in [0.4, 0.5) is 32.0 Å². The second-order valence-corrected chi connectivity index (χ2v) is 8.31. The summed E-state index contributed by atoms with van der Waals surface area (Å²) in [5, 5.41) is 14.9. The molecule has 1 unspecified atom stereocenters. The topological polar surface area (TPSA) is 151 Å². The molecule has 0 radical (unpaired) electrons. The molecular formula is C23H17F6N3O7. The van der Waals surface area contributed by atoms with Crippen LogP contribution in [0.2, 0.25) is 0 Å². The summed E-state index contributed by atoms with van der Waals surface area (Å²) in [6.07, 6.45) is -0.521. The SMILES string of the molecule is C[C@H](NC(=O)C(=O)Nc1c(F)cccc1F)C(=O)N[C@]1(C(=O)COc2c(F)c(F)cc(F)c2F)CC1C(=O)O. The van der Waals surface area contributed by atoms with Crippen molar-refractivity contribution in [1.82, 2.24) is 10.6 Å². The molecule has 208 valence electrons. The zero-order valence-corrected chi connectivity index (χ0v) is 19.5. The zero-order valence-electron chi connectivity index (χ0n) is 19.5. The van der Waals surface area contributed by atoms with Crippen LogP contribution in [-0.2, 0) is 24.0 Å². The van der Waals surface area contributed by atoms with Crippen LogP contribution >= 0.6 is 0 Å². The van der Waals surface area contributed by atoms with E-state index in [0.29, 0.717) is 0 Å². The maximum absolute atomic E-state index is 13.8. The molecule has 10 nitrogen and oxygen atoms in total.